The van der Waals surface area contributed by atoms with E-state index in [4.69, 9.17) is 10.7 Å². The van der Waals surface area contributed by atoms with Crippen LogP contribution in [-0.2, 0) is 6.54 Å². The van der Waals surface area contributed by atoms with E-state index >= 15 is 0 Å². The van der Waals surface area contributed by atoms with Gasteiger partial charge in [-0.3, -0.25) is 0 Å². The molecule has 0 amide bonds. The first-order valence-electron chi connectivity index (χ1n) is 8.67. The Labute approximate surface area is 128 Å². The molecule has 2 N–H and O–H groups in total. The lowest BCUT2D eigenvalue weighted by Gasteiger charge is -2.25. The van der Waals surface area contributed by atoms with Crippen molar-refractivity contribution in [3.63, 3.8) is 0 Å². The summed E-state index contributed by atoms with van der Waals surface area (Å²) in [5.41, 5.74) is 7.66. The first kappa shape index (κ1) is 14.7. The summed E-state index contributed by atoms with van der Waals surface area (Å²) in [5.74, 6) is 4.21. The molecule has 116 valence electrons. The second-order valence-corrected chi connectivity index (χ2v) is 7.08. The number of imidazole rings is 1. The zero-order valence-corrected chi connectivity index (χ0v) is 13.4. The number of rotatable bonds is 4. The number of allylic oxidation sites excluding steroid dienone is 1. The summed E-state index contributed by atoms with van der Waals surface area (Å²) in [6, 6.07) is 0. The fourth-order valence-corrected chi connectivity index (χ4v) is 4.15. The Morgan fingerprint density at radius 1 is 1.14 bits per heavy atom. The van der Waals surface area contributed by atoms with E-state index in [1.165, 1.54) is 62.9 Å². The summed E-state index contributed by atoms with van der Waals surface area (Å²) in [6.45, 7) is 7.05. The quantitative estimate of drug-likeness (QED) is 0.822. The van der Waals surface area contributed by atoms with Crippen LogP contribution in [0.2, 0.25) is 0 Å². The molecule has 0 aliphatic heterocycles. The lowest BCUT2D eigenvalue weighted by atomic mass is 9.81. The zero-order chi connectivity index (χ0) is 14.8. The van der Waals surface area contributed by atoms with Crippen molar-refractivity contribution in [3.05, 3.63) is 24.2 Å². The molecule has 0 unspecified atom stereocenters. The van der Waals surface area contributed by atoms with Gasteiger partial charge in [0.2, 0.25) is 0 Å². The van der Waals surface area contributed by atoms with Gasteiger partial charge in [0.15, 0.2) is 0 Å². The van der Waals surface area contributed by atoms with Crippen LogP contribution in [0, 0.1) is 5.92 Å². The van der Waals surface area contributed by atoms with E-state index in [0.29, 0.717) is 11.8 Å². The second-order valence-electron chi connectivity index (χ2n) is 7.08. The Hall–Kier alpha value is -1.25. The van der Waals surface area contributed by atoms with Crippen LogP contribution >= 0.6 is 0 Å². The smallest absolute Gasteiger partial charge is 0.127 e. The minimum atomic E-state index is 0.576. The van der Waals surface area contributed by atoms with Crippen LogP contribution in [0.25, 0.3) is 0 Å². The SMILES string of the molecule is C=CCn1c(C2CCCC2)nc(C2CCC(C)CC2)c1N. The van der Waals surface area contributed by atoms with Crippen molar-refractivity contribution in [1.29, 1.82) is 0 Å². The van der Waals surface area contributed by atoms with Crippen molar-refractivity contribution in [1.82, 2.24) is 9.55 Å². The molecule has 1 heterocycles. The number of nitrogens with zero attached hydrogens (tertiary/aromatic N) is 2. The molecule has 21 heavy (non-hydrogen) atoms. The predicted octanol–water partition coefficient (Wildman–Crippen LogP) is 4.60. The molecule has 2 aliphatic rings. The van der Waals surface area contributed by atoms with E-state index in [9.17, 15) is 0 Å². The highest BCUT2D eigenvalue weighted by atomic mass is 15.1. The van der Waals surface area contributed by atoms with Crippen LogP contribution in [0.1, 0.15) is 81.6 Å². The fourth-order valence-electron chi connectivity index (χ4n) is 4.15. The number of hydrogen-bond donors (Lipinski definition) is 1. The Morgan fingerprint density at radius 3 is 2.43 bits per heavy atom. The standard InChI is InChI=1S/C18H29N3/c1-3-12-21-17(19)16(14-10-8-13(2)9-11-14)20-18(21)15-6-4-5-7-15/h3,13-15H,1,4-12,19H2,2H3. The van der Waals surface area contributed by atoms with Gasteiger partial charge in [0.25, 0.3) is 0 Å². The van der Waals surface area contributed by atoms with Gasteiger partial charge in [-0.25, -0.2) is 4.98 Å². The molecule has 3 heteroatoms. The molecule has 0 radical (unpaired) electrons. The number of aromatic nitrogens is 2. The van der Waals surface area contributed by atoms with Gasteiger partial charge in [0, 0.05) is 18.4 Å². The van der Waals surface area contributed by atoms with E-state index < -0.39 is 0 Å². The molecule has 0 spiro atoms. The first-order chi connectivity index (χ1) is 10.2. The van der Waals surface area contributed by atoms with Crippen LogP contribution in [0.5, 0.6) is 0 Å². The van der Waals surface area contributed by atoms with Crippen LogP contribution in [0.4, 0.5) is 5.82 Å². The minimum Gasteiger partial charge on any atom is -0.384 e. The van der Waals surface area contributed by atoms with Gasteiger partial charge in [-0.15, -0.1) is 6.58 Å². The third kappa shape index (κ3) is 2.88. The maximum atomic E-state index is 6.48. The summed E-state index contributed by atoms with van der Waals surface area (Å²) >= 11 is 0. The van der Waals surface area contributed by atoms with Crippen molar-refractivity contribution in [3.8, 4) is 0 Å². The topological polar surface area (TPSA) is 43.8 Å². The normalized spacial score (nSPS) is 27.1. The number of anilines is 1. The summed E-state index contributed by atoms with van der Waals surface area (Å²) in [5, 5.41) is 0. The van der Waals surface area contributed by atoms with E-state index in [2.05, 4.69) is 18.1 Å². The summed E-state index contributed by atoms with van der Waals surface area (Å²) < 4.78 is 2.23. The van der Waals surface area contributed by atoms with E-state index in [1.54, 1.807) is 0 Å². The van der Waals surface area contributed by atoms with Gasteiger partial charge in [0.1, 0.15) is 11.6 Å². The van der Waals surface area contributed by atoms with E-state index in [0.717, 1.165) is 18.3 Å². The Bertz CT molecular complexity index is 489. The highest BCUT2D eigenvalue weighted by Crippen LogP contribution is 2.41. The van der Waals surface area contributed by atoms with Gasteiger partial charge < -0.3 is 10.3 Å². The minimum absolute atomic E-state index is 0.576. The zero-order valence-electron chi connectivity index (χ0n) is 13.4. The van der Waals surface area contributed by atoms with Crippen molar-refractivity contribution in [2.24, 2.45) is 5.92 Å². The molecule has 0 atom stereocenters. The van der Waals surface area contributed by atoms with E-state index in [1.807, 2.05) is 6.08 Å². The number of hydrogen-bond acceptors (Lipinski definition) is 2. The summed E-state index contributed by atoms with van der Waals surface area (Å²) in [7, 11) is 0. The summed E-state index contributed by atoms with van der Waals surface area (Å²) in [4.78, 5) is 5.05. The second kappa shape index (κ2) is 6.25. The first-order valence-corrected chi connectivity index (χ1v) is 8.67. The molecule has 1 aromatic heterocycles. The molecule has 0 saturated heterocycles. The Balaban J connectivity index is 1.89. The maximum Gasteiger partial charge on any atom is 0.127 e. The summed E-state index contributed by atoms with van der Waals surface area (Å²) in [6.07, 6.45) is 12.3. The fraction of sp³-hybridized carbons (Fsp3) is 0.722. The van der Waals surface area contributed by atoms with Crippen LogP contribution in [0.3, 0.4) is 0 Å². The van der Waals surface area contributed by atoms with Crippen LogP contribution in [0.15, 0.2) is 12.7 Å². The number of nitrogen functional groups attached to an aromatic ring is 1. The molecule has 2 saturated carbocycles. The Kier molecular flexibility index (Phi) is 4.37. The largest absolute Gasteiger partial charge is 0.384 e. The van der Waals surface area contributed by atoms with Gasteiger partial charge in [-0.1, -0.05) is 38.7 Å². The van der Waals surface area contributed by atoms with Gasteiger partial charge in [-0.2, -0.15) is 0 Å². The van der Waals surface area contributed by atoms with Crippen molar-refractivity contribution in [2.75, 3.05) is 5.73 Å². The Morgan fingerprint density at radius 2 is 1.81 bits per heavy atom. The van der Waals surface area contributed by atoms with Crippen molar-refractivity contribution < 1.29 is 0 Å². The molecule has 1 aromatic rings. The molecule has 0 bridgehead atoms. The highest BCUT2D eigenvalue weighted by molar-refractivity contribution is 5.42. The molecule has 0 aromatic carbocycles. The van der Waals surface area contributed by atoms with Gasteiger partial charge >= 0.3 is 0 Å². The molecule has 2 fully saturated rings. The van der Waals surface area contributed by atoms with E-state index in [-0.39, 0.29) is 0 Å². The lowest BCUT2D eigenvalue weighted by molar-refractivity contribution is 0.345. The monoisotopic (exact) mass is 287 g/mol. The van der Waals surface area contributed by atoms with Crippen LogP contribution in [-0.4, -0.2) is 9.55 Å². The third-order valence-corrected chi connectivity index (χ3v) is 5.50. The average Bonchev–Trinajstić information content (AvgIpc) is 3.10. The maximum absolute atomic E-state index is 6.48. The molecule has 2 aliphatic carbocycles. The average molecular weight is 287 g/mol. The molecule has 3 nitrogen and oxygen atoms in total. The van der Waals surface area contributed by atoms with Crippen molar-refractivity contribution >= 4 is 5.82 Å². The highest BCUT2D eigenvalue weighted by Gasteiger charge is 2.29. The van der Waals surface area contributed by atoms with Crippen LogP contribution < -0.4 is 5.73 Å². The molecular weight excluding hydrogens is 258 g/mol. The lowest BCUT2D eigenvalue weighted by Crippen LogP contribution is -2.13. The van der Waals surface area contributed by atoms with Gasteiger partial charge in [0.05, 0.1) is 5.69 Å². The molecular formula is C18H29N3. The number of nitrogens with two attached hydrogens (primary N) is 1. The third-order valence-electron chi connectivity index (χ3n) is 5.50. The van der Waals surface area contributed by atoms with Gasteiger partial charge in [-0.05, 0) is 31.6 Å². The van der Waals surface area contributed by atoms with Crippen molar-refractivity contribution in [2.45, 2.75) is 76.7 Å². The molecule has 3 rings (SSSR count). The predicted molar refractivity (Wildman–Crippen MR) is 88.4 cm³/mol.